The molecule has 5 heteroatoms. The van der Waals surface area contributed by atoms with E-state index in [9.17, 15) is 0 Å². The smallest absolute Gasteiger partial charge is 0.164 e. The molecule has 7 aromatic carbocycles. The number of hydrogen-bond donors (Lipinski definition) is 0. The molecular formula is C47H31N5. The zero-order valence-electron chi connectivity index (χ0n) is 28.1. The van der Waals surface area contributed by atoms with Gasteiger partial charge in [-0.05, 0) is 34.0 Å². The van der Waals surface area contributed by atoms with E-state index in [4.69, 9.17) is 24.9 Å². The minimum atomic E-state index is 0.629. The standard InChI is InChI=1S/C47H31N5/c1-5-15-33(16-6-1)42-31-43(34-17-7-2-8-18-34)49-47(48-42)41-30-29-38(39-23-13-14-24-40(39)41)32-25-27-37(28-26-32)46-51-44(35-19-9-3-10-20-35)50-45(52-46)36-21-11-4-12-22-36/h1-31H. The summed E-state index contributed by atoms with van der Waals surface area (Å²) in [7, 11) is 0. The molecule has 5 nitrogen and oxygen atoms in total. The molecule has 52 heavy (non-hydrogen) atoms. The number of hydrogen-bond acceptors (Lipinski definition) is 5. The van der Waals surface area contributed by atoms with Crippen molar-refractivity contribution in [2.75, 3.05) is 0 Å². The predicted octanol–water partition coefficient (Wildman–Crippen LogP) is 11.5. The predicted molar refractivity (Wildman–Crippen MR) is 211 cm³/mol. The molecule has 0 atom stereocenters. The second kappa shape index (κ2) is 13.7. The molecule has 244 valence electrons. The highest BCUT2D eigenvalue weighted by molar-refractivity contribution is 6.04. The molecule has 0 fully saturated rings. The molecule has 0 aliphatic carbocycles. The summed E-state index contributed by atoms with van der Waals surface area (Å²) in [5.74, 6) is 2.61. The van der Waals surface area contributed by atoms with Gasteiger partial charge in [0.2, 0.25) is 0 Å². The zero-order valence-corrected chi connectivity index (χ0v) is 28.1. The number of nitrogens with zero attached hydrogens (tertiary/aromatic N) is 5. The Bertz CT molecular complexity index is 2530. The maximum Gasteiger partial charge on any atom is 0.164 e. The molecule has 0 spiro atoms. The average molecular weight is 666 g/mol. The molecule has 0 amide bonds. The first-order chi connectivity index (χ1) is 25.8. The van der Waals surface area contributed by atoms with Gasteiger partial charge in [0, 0.05) is 33.4 Å². The monoisotopic (exact) mass is 665 g/mol. The number of rotatable bonds is 7. The third-order valence-electron chi connectivity index (χ3n) is 9.18. The van der Waals surface area contributed by atoms with E-state index < -0.39 is 0 Å². The Kier molecular flexibility index (Phi) is 8.12. The third kappa shape index (κ3) is 6.12. The van der Waals surface area contributed by atoms with E-state index >= 15 is 0 Å². The highest BCUT2D eigenvalue weighted by atomic mass is 15.0. The molecule has 9 rings (SSSR count). The third-order valence-corrected chi connectivity index (χ3v) is 9.18. The van der Waals surface area contributed by atoms with Gasteiger partial charge in [-0.15, -0.1) is 0 Å². The summed E-state index contributed by atoms with van der Waals surface area (Å²) >= 11 is 0. The fraction of sp³-hybridized carbons (Fsp3) is 0. The highest BCUT2D eigenvalue weighted by Gasteiger charge is 2.16. The summed E-state index contributed by atoms with van der Waals surface area (Å²) in [6.45, 7) is 0. The van der Waals surface area contributed by atoms with Crippen LogP contribution in [0.5, 0.6) is 0 Å². The average Bonchev–Trinajstić information content (AvgIpc) is 3.24. The van der Waals surface area contributed by atoms with Crippen molar-refractivity contribution < 1.29 is 0 Å². The molecule has 0 bridgehead atoms. The van der Waals surface area contributed by atoms with Gasteiger partial charge in [-0.25, -0.2) is 24.9 Å². The van der Waals surface area contributed by atoms with Crippen LogP contribution >= 0.6 is 0 Å². The van der Waals surface area contributed by atoms with Crippen LogP contribution in [0, 0.1) is 0 Å². The van der Waals surface area contributed by atoms with Crippen molar-refractivity contribution in [3.8, 4) is 79.2 Å². The van der Waals surface area contributed by atoms with Crippen LogP contribution in [0.2, 0.25) is 0 Å². The maximum absolute atomic E-state index is 5.12. The molecule has 0 saturated carbocycles. The number of benzene rings is 7. The van der Waals surface area contributed by atoms with Crippen LogP contribution < -0.4 is 0 Å². The highest BCUT2D eigenvalue weighted by Crippen LogP contribution is 2.37. The molecule has 0 radical (unpaired) electrons. The molecule has 0 aliphatic heterocycles. The van der Waals surface area contributed by atoms with Gasteiger partial charge in [-0.1, -0.05) is 176 Å². The summed E-state index contributed by atoms with van der Waals surface area (Å²) in [4.78, 5) is 24.9. The largest absolute Gasteiger partial charge is 0.228 e. The van der Waals surface area contributed by atoms with Crippen LogP contribution in [0.4, 0.5) is 0 Å². The normalized spacial score (nSPS) is 11.1. The van der Waals surface area contributed by atoms with Crippen LogP contribution in [0.1, 0.15) is 0 Å². The van der Waals surface area contributed by atoms with Crippen LogP contribution in [0.3, 0.4) is 0 Å². The molecule has 0 N–H and O–H groups in total. The summed E-state index contributed by atoms with van der Waals surface area (Å²) in [5.41, 5.74) is 9.88. The van der Waals surface area contributed by atoms with Crippen molar-refractivity contribution in [1.29, 1.82) is 0 Å². The maximum atomic E-state index is 5.12. The second-order valence-corrected chi connectivity index (χ2v) is 12.5. The molecule has 2 heterocycles. The lowest BCUT2D eigenvalue weighted by Gasteiger charge is -2.14. The molecule has 0 unspecified atom stereocenters. The summed E-state index contributed by atoms with van der Waals surface area (Å²) in [6.07, 6.45) is 0. The molecular weight excluding hydrogens is 635 g/mol. The van der Waals surface area contributed by atoms with E-state index in [2.05, 4.69) is 91.0 Å². The molecule has 0 saturated heterocycles. The first kappa shape index (κ1) is 30.9. The van der Waals surface area contributed by atoms with E-state index in [1.165, 1.54) is 0 Å². The summed E-state index contributed by atoms with van der Waals surface area (Å²) in [6, 6.07) is 64.0. The van der Waals surface area contributed by atoms with Crippen LogP contribution in [0.15, 0.2) is 188 Å². The Morgan fingerprint density at radius 3 is 1.04 bits per heavy atom. The van der Waals surface area contributed by atoms with Crippen molar-refractivity contribution in [1.82, 2.24) is 24.9 Å². The Morgan fingerprint density at radius 1 is 0.231 bits per heavy atom. The Labute approximate surface area is 302 Å². The molecule has 9 aromatic rings. The summed E-state index contributed by atoms with van der Waals surface area (Å²) in [5, 5.41) is 2.21. The van der Waals surface area contributed by atoms with E-state index in [1.54, 1.807) is 0 Å². The fourth-order valence-corrected chi connectivity index (χ4v) is 6.56. The van der Waals surface area contributed by atoms with Gasteiger partial charge in [0.1, 0.15) is 0 Å². The van der Waals surface area contributed by atoms with Crippen molar-refractivity contribution in [2.45, 2.75) is 0 Å². The lowest BCUT2D eigenvalue weighted by atomic mass is 9.94. The van der Waals surface area contributed by atoms with Gasteiger partial charge in [0.15, 0.2) is 23.3 Å². The topological polar surface area (TPSA) is 64.5 Å². The van der Waals surface area contributed by atoms with Crippen molar-refractivity contribution in [3.05, 3.63) is 188 Å². The first-order valence-electron chi connectivity index (χ1n) is 17.3. The lowest BCUT2D eigenvalue weighted by molar-refractivity contribution is 1.07. The van der Waals surface area contributed by atoms with Crippen LogP contribution in [-0.2, 0) is 0 Å². The van der Waals surface area contributed by atoms with Gasteiger partial charge in [0.25, 0.3) is 0 Å². The van der Waals surface area contributed by atoms with Crippen LogP contribution in [0.25, 0.3) is 90.0 Å². The van der Waals surface area contributed by atoms with Gasteiger partial charge in [-0.2, -0.15) is 0 Å². The van der Waals surface area contributed by atoms with Gasteiger partial charge in [-0.3, -0.25) is 0 Å². The van der Waals surface area contributed by atoms with E-state index in [1.807, 2.05) is 97.1 Å². The van der Waals surface area contributed by atoms with Crippen molar-refractivity contribution in [3.63, 3.8) is 0 Å². The minimum absolute atomic E-state index is 0.629. The van der Waals surface area contributed by atoms with E-state index in [0.29, 0.717) is 23.3 Å². The Morgan fingerprint density at radius 2 is 0.577 bits per heavy atom. The number of aromatic nitrogens is 5. The molecule has 0 aliphatic rings. The Hall–Kier alpha value is -7.11. The minimum Gasteiger partial charge on any atom is -0.228 e. The number of fused-ring (bicyclic) bond motifs is 1. The van der Waals surface area contributed by atoms with Crippen molar-refractivity contribution in [2.24, 2.45) is 0 Å². The van der Waals surface area contributed by atoms with Gasteiger partial charge >= 0.3 is 0 Å². The molecule has 2 aromatic heterocycles. The van der Waals surface area contributed by atoms with Crippen LogP contribution in [-0.4, -0.2) is 24.9 Å². The quantitative estimate of drug-likeness (QED) is 0.169. The van der Waals surface area contributed by atoms with Gasteiger partial charge in [0.05, 0.1) is 11.4 Å². The Balaban J connectivity index is 1.13. The second-order valence-electron chi connectivity index (χ2n) is 12.5. The van der Waals surface area contributed by atoms with E-state index in [0.717, 1.165) is 66.7 Å². The van der Waals surface area contributed by atoms with Crippen molar-refractivity contribution >= 4 is 10.8 Å². The van der Waals surface area contributed by atoms with Gasteiger partial charge < -0.3 is 0 Å². The van der Waals surface area contributed by atoms with E-state index in [-0.39, 0.29) is 0 Å². The fourth-order valence-electron chi connectivity index (χ4n) is 6.56. The summed E-state index contributed by atoms with van der Waals surface area (Å²) < 4.78 is 0. The zero-order chi connectivity index (χ0) is 34.7. The lowest BCUT2D eigenvalue weighted by Crippen LogP contribution is -2.00. The first-order valence-corrected chi connectivity index (χ1v) is 17.3. The SMILES string of the molecule is c1ccc(-c2cc(-c3ccccc3)nc(-c3ccc(-c4ccc(-c5nc(-c6ccccc6)nc(-c6ccccc6)n5)cc4)c4ccccc34)n2)cc1.